The van der Waals surface area contributed by atoms with E-state index in [2.05, 4.69) is 15.3 Å². The molecule has 1 saturated heterocycles. The Morgan fingerprint density at radius 3 is 2.83 bits per heavy atom. The monoisotopic (exact) mass is 250 g/mol. The van der Waals surface area contributed by atoms with Crippen LogP contribution in [0.4, 0.5) is 5.82 Å². The third-order valence-electron chi connectivity index (χ3n) is 3.10. The molecular weight excluding hydrogens is 232 g/mol. The number of likely N-dealkylation sites (tertiary alicyclic amines) is 1. The summed E-state index contributed by atoms with van der Waals surface area (Å²) < 4.78 is 0. The zero-order chi connectivity index (χ0) is 13.0. The molecule has 0 saturated carbocycles. The lowest BCUT2D eigenvalue weighted by Gasteiger charge is -2.29. The lowest BCUT2D eigenvalue weighted by Crippen LogP contribution is -2.44. The predicted octanol–water partition coefficient (Wildman–Crippen LogP) is 0.583. The third kappa shape index (κ3) is 2.88. The largest absolute Gasteiger partial charge is 0.354 e. The van der Waals surface area contributed by atoms with E-state index in [1.165, 1.54) is 18.8 Å². The predicted molar refractivity (Wildman–Crippen MR) is 68.4 cm³/mol. The highest BCUT2D eigenvalue weighted by atomic mass is 16.2. The van der Waals surface area contributed by atoms with Crippen LogP contribution in [0.5, 0.6) is 0 Å². The topological polar surface area (TPSA) is 78.1 Å². The number of nitrogens with one attached hydrogen (secondary N) is 2. The van der Waals surface area contributed by atoms with Crippen molar-refractivity contribution in [1.29, 1.82) is 0 Å². The fourth-order valence-corrected chi connectivity index (χ4v) is 2.11. The Hall–Kier alpha value is -1.85. The lowest BCUT2D eigenvalue weighted by atomic mass is 10.1. The maximum Gasteiger partial charge on any atom is 0.290 e. The van der Waals surface area contributed by atoms with Crippen molar-refractivity contribution >= 4 is 11.7 Å². The van der Waals surface area contributed by atoms with Crippen molar-refractivity contribution in [2.24, 2.45) is 0 Å². The summed E-state index contributed by atoms with van der Waals surface area (Å²) in [6.07, 6.45) is 6.25. The molecule has 1 unspecified atom stereocenters. The Labute approximate surface area is 105 Å². The molecule has 0 aliphatic carbocycles. The van der Waals surface area contributed by atoms with Crippen LogP contribution in [0.25, 0.3) is 0 Å². The van der Waals surface area contributed by atoms with Gasteiger partial charge in [0.2, 0.25) is 5.91 Å². The van der Waals surface area contributed by atoms with Crippen molar-refractivity contribution in [2.75, 3.05) is 18.4 Å². The third-order valence-corrected chi connectivity index (χ3v) is 3.10. The molecule has 0 bridgehead atoms. The minimum Gasteiger partial charge on any atom is -0.354 e. The Kier molecular flexibility index (Phi) is 3.96. The van der Waals surface area contributed by atoms with E-state index in [0.29, 0.717) is 0 Å². The number of carbonyl (C=O) groups is 1. The summed E-state index contributed by atoms with van der Waals surface area (Å²) in [4.78, 5) is 31.9. The van der Waals surface area contributed by atoms with E-state index >= 15 is 0 Å². The number of H-pyrrole nitrogens is 1. The van der Waals surface area contributed by atoms with Crippen molar-refractivity contribution in [3.8, 4) is 0 Å². The number of anilines is 1. The van der Waals surface area contributed by atoms with Gasteiger partial charge in [-0.05, 0) is 26.2 Å². The van der Waals surface area contributed by atoms with Crippen LogP contribution in [0.2, 0.25) is 0 Å². The van der Waals surface area contributed by atoms with Gasteiger partial charge in [-0.1, -0.05) is 0 Å². The molecule has 1 aromatic heterocycles. The first-order chi connectivity index (χ1) is 8.68. The summed E-state index contributed by atoms with van der Waals surface area (Å²) in [6.45, 7) is 3.37. The molecule has 0 aromatic carbocycles. The molecule has 2 heterocycles. The number of piperidine rings is 1. The van der Waals surface area contributed by atoms with Gasteiger partial charge in [-0.15, -0.1) is 0 Å². The van der Waals surface area contributed by atoms with Gasteiger partial charge in [0, 0.05) is 25.5 Å². The summed E-state index contributed by atoms with van der Waals surface area (Å²) in [5.41, 5.74) is -0.309. The van der Waals surface area contributed by atoms with Gasteiger partial charge in [-0.25, -0.2) is 4.98 Å². The highest BCUT2D eigenvalue weighted by Crippen LogP contribution is 2.10. The number of hydrogen-bond donors (Lipinski definition) is 2. The number of carbonyl (C=O) groups excluding carboxylic acids is 1. The Balaban J connectivity index is 1.99. The van der Waals surface area contributed by atoms with Crippen LogP contribution in [0, 0.1) is 0 Å². The van der Waals surface area contributed by atoms with Crippen molar-refractivity contribution in [2.45, 2.75) is 32.2 Å². The van der Waals surface area contributed by atoms with Crippen LogP contribution < -0.4 is 10.9 Å². The SMILES string of the molecule is CC(Nc1ncc[nH]c1=O)C(=O)N1CCCCC1. The van der Waals surface area contributed by atoms with E-state index in [4.69, 9.17) is 0 Å². The molecule has 1 aromatic rings. The molecule has 1 aliphatic heterocycles. The first kappa shape index (κ1) is 12.6. The fraction of sp³-hybridized carbons (Fsp3) is 0.583. The Bertz CT molecular complexity index is 465. The lowest BCUT2D eigenvalue weighted by molar-refractivity contribution is -0.132. The molecule has 2 N–H and O–H groups in total. The maximum atomic E-state index is 12.1. The van der Waals surface area contributed by atoms with E-state index in [-0.39, 0.29) is 17.3 Å². The number of aromatic nitrogens is 2. The van der Waals surface area contributed by atoms with Gasteiger partial charge >= 0.3 is 0 Å². The van der Waals surface area contributed by atoms with Gasteiger partial charge in [0.1, 0.15) is 6.04 Å². The molecule has 1 amide bonds. The number of nitrogens with zero attached hydrogens (tertiary/aromatic N) is 2. The summed E-state index contributed by atoms with van der Waals surface area (Å²) in [5.74, 6) is 0.218. The van der Waals surface area contributed by atoms with Gasteiger partial charge in [0.15, 0.2) is 5.82 Å². The molecule has 0 spiro atoms. The van der Waals surface area contributed by atoms with Crippen LogP contribution in [0.1, 0.15) is 26.2 Å². The first-order valence-electron chi connectivity index (χ1n) is 6.27. The van der Waals surface area contributed by atoms with Crippen LogP contribution in [0.15, 0.2) is 17.2 Å². The first-order valence-corrected chi connectivity index (χ1v) is 6.27. The minimum atomic E-state index is -0.431. The summed E-state index contributed by atoms with van der Waals surface area (Å²) in [6, 6.07) is -0.431. The quantitative estimate of drug-likeness (QED) is 0.822. The van der Waals surface area contributed by atoms with Crippen molar-refractivity contribution in [1.82, 2.24) is 14.9 Å². The molecule has 1 aliphatic rings. The highest BCUT2D eigenvalue weighted by molar-refractivity contribution is 5.84. The van der Waals surface area contributed by atoms with E-state index < -0.39 is 6.04 Å². The second-order valence-electron chi connectivity index (χ2n) is 4.52. The molecule has 18 heavy (non-hydrogen) atoms. The molecule has 0 radical (unpaired) electrons. The smallest absolute Gasteiger partial charge is 0.290 e. The molecule has 6 heteroatoms. The van der Waals surface area contributed by atoms with Crippen LogP contribution >= 0.6 is 0 Å². The van der Waals surface area contributed by atoms with Crippen molar-refractivity contribution in [3.05, 3.63) is 22.7 Å². The maximum absolute atomic E-state index is 12.1. The second-order valence-corrected chi connectivity index (χ2v) is 4.52. The summed E-state index contributed by atoms with van der Waals surface area (Å²) >= 11 is 0. The summed E-state index contributed by atoms with van der Waals surface area (Å²) in [7, 11) is 0. The van der Waals surface area contributed by atoms with Crippen molar-refractivity contribution in [3.63, 3.8) is 0 Å². The van der Waals surface area contributed by atoms with E-state index in [9.17, 15) is 9.59 Å². The van der Waals surface area contributed by atoms with Gasteiger partial charge in [0.05, 0.1) is 0 Å². The van der Waals surface area contributed by atoms with E-state index in [1.807, 2.05) is 4.90 Å². The van der Waals surface area contributed by atoms with E-state index in [1.54, 1.807) is 6.92 Å². The Morgan fingerprint density at radius 1 is 1.44 bits per heavy atom. The van der Waals surface area contributed by atoms with Gasteiger partial charge in [0.25, 0.3) is 5.56 Å². The highest BCUT2D eigenvalue weighted by Gasteiger charge is 2.22. The van der Waals surface area contributed by atoms with Crippen LogP contribution in [-0.4, -0.2) is 39.9 Å². The minimum absolute atomic E-state index is 0.0275. The number of aromatic amines is 1. The molecule has 98 valence electrons. The molecule has 2 rings (SSSR count). The zero-order valence-corrected chi connectivity index (χ0v) is 10.5. The molecule has 1 atom stereocenters. The number of rotatable bonds is 3. The fourth-order valence-electron chi connectivity index (χ4n) is 2.11. The average Bonchev–Trinajstić information content (AvgIpc) is 2.41. The summed E-state index contributed by atoms with van der Waals surface area (Å²) in [5, 5.41) is 2.86. The Morgan fingerprint density at radius 2 is 2.17 bits per heavy atom. The molecule has 1 fully saturated rings. The van der Waals surface area contributed by atoms with Crippen molar-refractivity contribution < 1.29 is 4.79 Å². The second kappa shape index (κ2) is 5.66. The standard InChI is InChI=1S/C12H18N4O2/c1-9(12(18)16-7-3-2-4-8-16)15-10-11(17)14-6-5-13-10/h5-6,9H,2-4,7-8H2,1H3,(H,13,15)(H,14,17). The average molecular weight is 250 g/mol. The molecule has 6 nitrogen and oxygen atoms in total. The number of amides is 1. The van der Waals surface area contributed by atoms with Gasteiger partial charge in [-0.2, -0.15) is 0 Å². The zero-order valence-electron chi connectivity index (χ0n) is 10.5. The van der Waals surface area contributed by atoms with Crippen LogP contribution in [-0.2, 0) is 4.79 Å². The molecular formula is C12H18N4O2. The van der Waals surface area contributed by atoms with Crippen LogP contribution in [0.3, 0.4) is 0 Å². The normalized spacial score (nSPS) is 17.3. The van der Waals surface area contributed by atoms with Gasteiger partial charge in [-0.3, -0.25) is 9.59 Å². The van der Waals surface area contributed by atoms with Gasteiger partial charge < -0.3 is 15.2 Å². The number of hydrogen-bond acceptors (Lipinski definition) is 4. The van der Waals surface area contributed by atoms with E-state index in [0.717, 1.165) is 25.9 Å².